The zero-order valence-corrected chi connectivity index (χ0v) is 9.31. The molecule has 2 rings (SSSR count). The molecule has 0 bridgehead atoms. The summed E-state index contributed by atoms with van der Waals surface area (Å²) in [4.78, 5) is 0. The van der Waals surface area contributed by atoms with Crippen molar-refractivity contribution in [2.75, 3.05) is 0 Å². The zero-order valence-electron chi connectivity index (χ0n) is 7.72. The van der Waals surface area contributed by atoms with Gasteiger partial charge in [-0.05, 0) is 24.3 Å². The first-order valence-electron chi connectivity index (χ1n) is 4.33. The fraction of sp³-hybridized carbons (Fsp3) is 0. The number of halogens is 1. The predicted octanol–water partition coefficient (Wildman–Crippen LogP) is 3.52. The Labute approximate surface area is 95.2 Å². The molecule has 0 fully saturated rings. The number of hydrogen-bond acceptors (Lipinski definition) is 3. The van der Waals surface area contributed by atoms with E-state index in [0.717, 1.165) is 15.8 Å². The van der Waals surface area contributed by atoms with Gasteiger partial charge in [0, 0.05) is 10.0 Å². The Morgan fingerprint density at radius 3 is 2.87 bits per heavy atom. The maximum absolute atomic E-state index is 8.35. The Morgan fingerprint density at radius 2 is 2.13 bits per heavy atom. The molecular formula is C11H8BrNO2. The summed E-state index contributed by atoms with van der Waals surface area (Å²) in [7, 11) is 0. The number of hydrogen-bond donors (Lipinski definition) is 1. The third kappa shape index (κ3) is 2.27. The van der Waals surface area contributed by atoms with E-state index in [0.29, 0.717) is 5.76 Å². The quantitative estimate of drug-likeness (QED) is 0.513. The average molecular weight is 266 g/mol. The van der Waals surface area contributed by atoms with Crippen LogP contribution in [0.1, 0.15) is 5.76 Å². The van der Waals surface area contributed by atoms with E-state index in [4.69, 9.17) is 9.62 Å². The van der Waals surface area contributed by atoms with Gasteiger partial charge >= 0.3 is 0 Å². The van der Waals surface area contributed by atoms with Gasteiger partial charge in [0.1, 0.15) is 17.7 Å². The van der Waals surface area contributed by atoms with Gasteiger partial charge < -0.3 is 9.62 Å². The first-order valence-corrected chi connectivity index (χ1v) is 5.12. The topological polar surface area (TPSA) is 45.7 Å². The zero-order chi connectivity index (χ0) is 10.7. The van der Waals surface area contributed by atoms with Crippen LogP contribution in [0.5, 0.6) is 0 Å². The predicted molar refractivity (Wildman–Crippen MR) is 61.2 cm³/mol. The van der Waals surface area contributed by atoms with Crippen molar-refractivity contribution >= 4 is 22.1 Å². The molecule has 1 aromatic carbocycles. The van der Waals surface area contributed by atoms with Crippen LogP contribution in [0.15, 0.2) is 50.4 Å². The van der Waals surface area contributed by atoms with Crippen molar-refractivity contribution in [3.05, 3.63) is 46.6 Å². The average Bonchev–Trinajstić information content (AvgIpc) is 2.67. The molecule has 0 saturated heterocycles. The minimum Gasteiger partial charge on any atom is -0.455 e. The SMILES string of the molecule is ON=Cc1ccc(-c2cccc(Br)c2)o1. The summed E-state index contributed by atoms with van der Waals surface area (Å²) >= 11 is 3.39. The summed E-state index contributed by atoms with van der Waals surface area (Å²) in [5.74, 6) is 1.26. The number of furan rings is 1. The molecule has 1 heterocycles. The highest BCUT2D eigenvalue weighted by molar-refractivity contribution is 9.10. The minimum atomic E-state index is 0.521. The second kappa shape index (κ2) is 4.31. The maximum atomic E-state index is 8.35. The lowest BCUT2D eigenvalue weighted by atomic mass is 10.2. The summed E-state index contributed by atoms with van der Waals surface area (Å²) in [6.07, 6.45) is 1.25. The van der Waals surface area contributed by atoms with Gasteiger partial charge in [-0.2, -0.15) is 0 Å². The van der Waals surface area contributed by atoms with Gasteiger partial charge in [-0.15, -0.1) is 0 Å². The Hall–Kier alpha value is -1.55. The fourth-order valence-electron chi connectivity index (χ4n) is 1.28. The van der Waals surface area contributed by atoms with Crippen LogP contribution in [0.4, 0.5) is 0 Å². The second-order valence-electron chi connectivity index (χ2n) is 2.96. The molecule has 0 aliphatic heterocycles. The third-order valence-corrected chi connectivity index (χ3v) is 2.41. The van der Waals surface area contributed by atoms with Crippen molar-refractivity contribution in [3.63, 3.8) is 0 Å². The van der Waals surface area contributed by atoms with Crippen LogP contribution >= 0.6 is 15.9 Å². The first kappa shape index (κ1) is 9.98. The fourth-order valence-corrected chi connectivity index (χ4v) is 1.68. The van der Waals surface area contributed by atoms with Gasteiger partial charge in [0.25, 0.3) is 0 Å². The second-order valence-corrected chi connectivity index (χ2v) is 3.87. The van der Waals surface area contributed by atoms with Gasteiger partial charge in [-0.1, -0.05) is 33.2 Å². The van der Waals surface area contributed by atoms with Crippen molar-refractivity contribution in [1.82, 2.24) is 0 Å². The molecule has 76 valence electrons. The minimum absolute atomic E-state index is 0.521. The molecule has 0 unspecified atom stereocenters. The maximum Gasteiger partial charge on any atom is 0.149 e. The highest BCUT2D eigenvalue weighted by Gasteiger charge is 2.03. The van der Waals surface area contributed by atoms with Crippen LogP contribution in [0, 0.1) is 0 Å². The van der Waals surface area contributed by atoms with Gasteiger partial charge in [0.2, 0.25) is 0 Å². The van der Waals surface area contributed by atoms with Gasteiger partial charge in [0.05, 0.1) is 0 Å². The van der Waals surface area contributed by atoms with Gasteiger partial charge in [-0.25, -0.2) is 0 Å². The van der Waals surface area contributed by atoms with Crippen LogP contribution in [0.3, 0.4) is 0 Å². The largest absolute Gasteiger partial charge is 0.455 e. The summed E-state index contributed by atoms with van der Waals surface area (Å²) in [6, 6.07) is 11.4. The lowest BCUT2D eigenvalue weighted by Crippen LogP contribution is -1.74. The molecule has 15 heavy (non-hydrogen) atoms. The molecule has 1 aromatic heterocycles. The van der Waals surface area contributed by atoms with E-state index in [1.165, 1.54) is 6.21 Å². The molecule has 2 aromatic rings. The highest BCUT2D eigenvalue weighted by atomic mass is 79.9. The molecule has 0 spiro atoms. The van der Waals surface area contributed by atoms with E-state index in [9.17, 15) is 0 Å². The van der Waals surface area contributed by atoms with Crippen molar-refractivity contribution in [2.24, 2.45) is 5.16 Å². The lowest BCUT2D eigenvalue weighted by molar-refractivity contribution is 0.321. The Kier molecular flexibility index (Phi) is 2.87. The van der Waals surface area contributed by atoms with Crippen molar-refractivity contribution in [1.29, 1.82) is 0 Å². The molecule has 3 nitrogen and oxygen atoms in total. The standard InChI is InChI=1S/C11H8BrNO2/c12-9-3-1-2-8(6-9)11-5-4-10(15-11)7-13-14/h1-7,14H. The lowest BCUT2D eigenvalue weighted by Gasteiger charge is -1.96. The van der Waals surface area contributed by atoms with Crippen molar-refractivity contribution in [3.8, 4) is 11.3 Å². The van der Waals surface area contributed by atoms with E-state index < -0.39 is 0 Å². The summed E-state index contributed by atoms with van der Waals surface area (Å²) in [6.45, 7) is 0. The Morgan fingerprint density at radius 1 is 1.27 bits per heavy atom. The van der Waals surface area contributed by atoms with Crippen LogP contribution in [0.25, 0.3) is 11.3 Å². The summed E-state index contributed by atoms with van der Waals surface area (Å²) in [5.41, 5.74) is 0.974. The number of rotatable bonds is 2. The van der Waals surface area contributed by atoms with E-state index in [1.54, 1.807) is 6.07 Å². The molecule has 4 heteroatoms. The third-order valence-electron chi connectivity index (χ3n) is 1.92. The van der Waals surface area contributed by atoms with Crippen molar-refractivity contribution in [2.45, 2.75) is 0 Å². The Bertz CT molecular complexity index is 491. The molecule has 0 saturated carbocycles. The van der Waals surface area contributed by atoms with E-state index >= 15 is 0 Å². The number of nitrogens with zero attached hydrogens (tertiary/aromatic N) is 1. The first-order chi connectivity index (χ1) is 7.29. The normalized spacial score (nSPS) is 11.0. The molecule has 1 N–H and O–H groups in total. The highest BCUT2D eigenvalue weighted by Crippen LogP contribution is 2.24. The van der Waals surface area contributed by atoms with E-state index in [2.05, 4.69) is 21.1 Å². The molecule has 0 atom stereocenters. The van der Waals surface area contributed by atoms with E-state index in [1.807, 2.05) is 30.3 Å². The molecule has 0 aliphatic rings. The van der Waals surface area contributed by atoms with E-state index in [-0.39, 0.29) is 0 Å². The van der Waals surface area contributed by atoms with Crippen LogP contribution in [-0.4, -0.2) is 11.4 Å². The van der Waals surface area contributed by atoms with Crippen molar-refractivity contribution < 1.29 is 9.62 Å². The monoisotopic (exact) mass is 265 g/mol. The van der Waals surface area contributed by atoms with Gasteiger partial charge in [0.15, 0.2) is 0 Å². The number of oxime groups is 1. The van der Waals surface area contributed by atoms with Crippen LogP contribution in [-0.2, 0) is 0 Å². The smallest absolute Gasteiger partial charge is 0.149 e. The Balaban J connectivity index is 2.37. The van der Waals surface area contributed by atoms with Crippen LogP contribution < -0.4 is 0 Å². The van der Waals surface area contributed by atoms with Crippen LogP contribution in [0.2, 0.25) is 0 Å². The molecule has 0 radical (unpaired) electrons. The molecule has 0 aliphatic carbocycles. The summed E-state index contributed by atoms with van der Waals surface area (Å²) < 4.78 is 6.43. The molecule has 0 amide bonds. The summed E-state index contributed by atoms with van der Waals surface area (Å²) in [5, 5.41) is 11.2. The van der Waals surface area contributed by atoms with Gasteiger partial charge in [-0.3, -0.25) is 0 Å². The molecular weight excluding hydrogens is 258 g/mol. The number of benzene rings is 1.